The van der Waals surface area contributed by atoms with E-state index in [1.165, 1.54) is 11.3 Å². The van der Waals surface area contributed by atoms with Gasteiger partial charge in [0.1, 0.15) is 5.01 Å². The first-order valence-electron chi connectivity index (χ1n) is 5.87. The summed E-state index contributed by atoms with van der Waals surface area (Å²) in [7, 11) is 0. The Bertz CT molecular complexity index is 493. The van der Waals surface area contributed by atoms with Gasteiger partial charge in [0.2, 0.25) is 11.0 Å². The maximum absolute atomic E-state index is 11.7. The lowest BCUT2D eigenvalue weighted by molar-refractivity contribution is -0.116. The molecule has 6 nitrogen and oxygen atoms in total. The first-order chi connectivity index (χ1) is 8.78. The summed E-state index contributed by atoms with van der Waals surface area (Å²) in [5, 5.41) is 16.3. The van der Waals surface area contributed by atoms with Gasteiger partial charge in [0.15, 0.2) is 0 Å². The van der Waals surface area contributed by atoms with Crippen molar-refractivity contribution in [1.82, 2.24) is 20.0 Å². The third kappa shape index (κ3) is 3.63. The second kappa shape index (κ2) is 6.25. The lowest BCUT2D eigenvalue weighted by Gasteiger charge is -2.01. The number of aryl methyl sites for hydroxylation is 2. The number of hydrogen-bond donors (Lipinski definition) is 1. The summed E-state index contributed by atoms with van der Waals surface area (Å²) in [5.74, 6) is -0.0651. The van der Waals surface area contributed by atoms with E-state index < -0.39 is 0 Å². The molecule has 0 fully saturated rings. The minimum atomic E-state index is -0.0651. The Balaban J connectivity index is 1.79. The topological polar surface area (TPSA) is 72.7 Å². The van der Waals surface area contributed by atoms with Gasteiger partial charge in [0.25, 0.3) is 0 Å². The molecule has 0 aliphatic rings. The Morgan fingerprint density at radius 3 is 3.11 bits per heavy atom. The fourth-order valence-corrected chi connectivity index (χ4v) is 2.31. The monoisotopic (exact) mass is 265 g/mol. The molecule has 0 aromatic carbocycles. The summed E-state index contributed by atoms with van der Waals surface area (Å²) in [6.07, 6.45) is 5.84. The van der Waals surface area contributed by atoms with E-state index in [1.54, 1.807) is 10.9 Å². The molecule has 2 heterocycles. The highest BCUT2D eigenvalue weighted by atomic mass is 32.1. The third-order valence-corrected chi connectivity index (χ3v) is 3.20. The number of nitrogens with one attached hydrogen (secondary N) is 1. The summed E-state index contributed by atoms with van der Waals surface area (Å²) in [5.41, 5.74) is 0. The minimum absolute atomic E-state index is 0.0651. The molecule has 7 heteroatoms. The maximum atomic E-state index is 11.7. The van der Waals surface area contributed by atoms with Gasteiger partial charge in [0.05, 0.1) is 0 Å². The van der Waals surface area contributed by atoms with Crippen molar-refractivity contribution in [3.8, 4) is 0 Å². The fraction of sp³-hybridized carbons (Fsp3) is 0.455. The fourth-order valence-electron chi connectivity index (χ4n) is 1.45. The molecule has 2 rings (SSSR count). The van der Waals surface area contributed by atoms with Gasteiger partial charge in [-0.1, -0.05) is 18.3 Å². The molecule has 0 saturated carbocycles. The van der Waals surface area contributed by atoms with Crippen molar-refractivity contribution in [3.63, 3.8) is 0 Å². The van der Waals surface area contributed by atoms with Crippen LogP contribution in [0.25, 0.3) is 0 Å². The molecule has 1 N–H and O–H groups in total. The number of aromatic nitrogens is 4. The summed E-state index contributed by atoms with van der Waals surface area (Å²) in [4.78, 5) is 11.7. The van der Waals surface area contributed by atoms with Crippen molar-refractivity contribution >= 4 is 22.4 Å². The summed E-state index contributed by atoms with van der Waals surface area (Å²) < 4.78 is 1.72. The van der Waals surface area contributed by atoms with Crippen LogP contribution in [-0.2, 0) is 17.8 Å². The van der Waals surface area contributed by atoms with E-state index in [0.29, 0.717) is 18.1 Å². The summed E-state index contributed by atoms with van der Waals surface area (Å²) >= 11 is 1.43. The third-order valence-electron chi connectivity index (χ3n) is 2.30. The standard InChI is InChI=1S/C11H15N5OS/c1-2-4-10-14-15-11(18-10)13-9(17)5-8-16-7-3-6-12-16/h3,6-7H,2,4-5,8H2,1H3,(H,13,15,17). The zero-order chi connectivity index (χ0) is 12.8. The quantitative estimate of drug-likeness (QED) is 0.863. The van der Waals surface area contributed by atoms with Crippen LogP contribution in [0.1, 0.15) is 24.8 Å². The number of rotatable bonds is 6. The molecule has 2 aromatic heterocycles. The highest BCUT2D eigenvalue weighted by Gasteiger charge is 2.07. The first kappa shape index (κ1) is 12.7. The largest absolute Gasteiger partial charge is 0.300 e. The second-order valence-electron chi connectivity index (χ2n) is 3.82. The molecule has 0 saturated heterocycles. The van der Waals surface area contributed by atoms with Gasteiger partial charge in [-0.05, 0) is 12.5 Å². The molecular formula is C11H15N5OS. The van der Waals surface area contributed by atoms with Gasteiger partial charge >= 0.3 is 0 Å². The summed E-state index contributed by atoms with van der Waals surface area (Å²) in [6.45, 7) is 2.66. The van der Waals surface area contributed by atoms with E-state index in [0.717, 1.165) is 17.8 Å². The molecule has 0 spiro atoms. The molecule has 0 unspecified atom stereocenters. The first-order valence-corrected chi connectivity index (χ1v) is 6.69. The minimum Gasteiger partial charge on any atom is -0.300 e. The molecule has 0 radical (unpaired) electrons. The molecular weight excluding hydrogens is 250 g/mol. The number of nitrogens with zero attached hydrogens (tertiary/aromatic N) is 4. The summed E-state index contributed by atoms with van der Waals surface area (Å²) in [6, 6.07) is 1.83. The molecule has 2 aromatic rings. The number of carbonyl (C=O) groups excluding carboxylic acids is 1. The van der Waals surface area contributed by atoms with Crippen LogP contribution in [0.4, 0.5) is 5.13 Å². The number of amides is 1. The molecule has 0 bridgehead atoms. The van der Waals surface area contributed by atoms with Crippen LogP contribution in [0.15, 0.2) is 18.5 Å². The van der Waals surface area contributed by atoms with Crippen molar-refractivity contribution in [2.24, 2.45) is 0 Å². The van der Waals surface area contributed by atoms with Gasteiger partial charge in [-0.3, -0.25) is 9.48 Å². The lowest BCUT2D eigenvalue weighted by atomic mass is 10.4. The van der Waals surface area contributed by atoms with Crippen LogP contribution in [0.2, 0.25) is 0 Å². The van der Waals surface area contributed by atoms with Crippen molar-refractivity contribution in [2.45, 2.75) is 32.7 Å². The van der Waals surface area contributed by atoms with E-state index in [1.807, 2.05) is 12.3 Å². The normalized spacial score (nSPS) is 10.5. The predicted octanol–water partition coefficient (Wildman–Crippen LogP) is 1.72. The van der Waals surface area contributed by atoms with Crippen molar-refractivity contribution < 1.29 is 4.79 Å². The van der Waals surface area contributed by atoms with Crippen LogP contribution < -0.4 is 5.32 Å². The smallest absolute Gasteiger partial charge is 0.228 e. The SMILES string of the molecule is CCCc1nnc(NC(=O)CCn2cccn2)s1. The van der Waals surface area contributed by atoms with Crippen LogP contribution in [0.5, 0.6) is 0 Å². The van der Waals surface area contributed by atoms with Crippen LogP contribution >= 0.6 is 11.3 Å². The molecule has 1 amide bonds. The number of carbonyl (C=O) groups is 1. The Hall–Kier alpha value is -1.76. The second-order valence-corrected chi connectivity index (χ2v) is 4.88. The highest BCUT2D eigenvalue weighted by Crippen LogP contribution is 2.16. The van der Waals surface area contributed by atoms with Crippen molar-refractivity contribution in [3.05, 3.63) is 23.5 Å². The zero-order valence-electron chi connectivity index (χ0n) is 10.2. The number of anilines is 1. The average Bonchev–Trinajstić information content (AvgIpc) is 2.99. The van der Waals surface area contributed by atoms with Crippen LogP contribution in [0, 0.1) is 0 Å². The Morgan fingerprint density at radius 1 is 1.50 bits per heavy atom. The van der Waals surface area contributed by atoms with Crippen molar-refractivity contribution in [1.29, 1.82) is 0 Å². The van der Waals surface area contributed by atoms with Gasteiger partial charge in [-0.2, -0.15) is 5.10 Å². The molecule has 0 atom stereocenters. The lowest BCUT2D eigenvalue weighted by Crippen LogP contribution is -2.14. The van der Waals surface area contributed by atoms with Gasteiger partial charge in [-0.25, -0.2) is 0 Å². The van der Waals surface area contributed by atoms with Gasteiger partial charge < -0.3 is 5.32 Å². The van der Waals surface area contributed by atoms with E-state index in [-0.39, 0.29) is 5.91 Å². The Labute approximate surface area is 109 Å². The average molecular weight is 265 g/mol. The Morgan fingerprint density at radius 2 is 2.39 bits per heavy atom. The van der Waals surface area contributed by atoms with Gasteiger partial charge in [-0.15, -0.1) is 10.2 Å². The number of hydrogen-bond acceptors (Lipinski definition) is 5. The van der Waals surface area contributed by atoms with Gasteiger partial charge in [0, 0.05) is 31.8 Å². The van der Waals surface area contributed by atoms with Crippen LogP contribution in [-0.4, -0.2) is 25.9 Å². The highest BCUT2D eigenvalue weighted by molar-refractivity contribution is 7.15. The molecule has 18 heavy (non-hydrogen) atoms. The van der Waals surface area contributed by atoms with E-state index in [2.05, 4.69) is 27.5 Å². The zero-order valence-corrected chi connectivity index (χ0v) is 11.0. The maximum Gasteiger partial charge on any atom is 0.228 e. The van der Waals surface area contributed by atoms with E-state index in [4.69, 9.17) is 0 Å². The van der Waals surface area contributed by atoms with E-state index >= 15 is 0 Å². The molecule has 96 valence electrons. The Kier molecular flexibility index (Phi) is 4.40. The van der Waals surface area contributed by atoms with Crippen molar-refractivity contribution in [2.75, 3.05) is 5.32 Å². The molecule has 0 aliphatic carbocycles. The van der Waals surface area contributed by atoms with Crippen LogP contribution in [0.3, 0.4) is 0 Å². The molecule has 0 aliphatic heterocycles. The van der Waals surface area contributed by atoms with E-state index in [9.17, 15) is 4.79 Å². The predicted molar refractivity (Wildman–Crippen MR) is 69.4 cm³/mol.